The number of amides is 2. The first kappa shape index (κ1) is 19.8. The van der Waals surface area contributed by atoms with E-state index in [0.29, 0.717) is 44.0 Å². The van der Waals surface area contributed by atoms with Crippen LogP contribution in [0.5, 0.6) is 0 Å². The average Bonchev–Trinajstić information content (AvgIpc) is 3.01. The third-order valence-corrected chi connectivity index (χ3v) is 6.86. The van der Waals surface area contributed by atoms with Crippen LogP contribution in [0.15, 0.2) is 18.3 Å². The maximum Gasteiger partial charge on any atom is 0.254 e. The molecule has 0 radical (unpaired) electrons. The highest BCUT2D eigenvalue weighted by molar-refractivity contribution is 7.91. The van der Waals surface area contributed by atoms with E-state index < -0.39 is 9.84 Å². The highest BCUT2D eigenvalue weighted by Crippen LogP contribution is 2.20. The number of anilines is 1. The standard InChI is InChI=1S/C18H26N4O4S/c1-13(2)17(23)20-16-11-14(3-5-19-16)18(24)22-8-6-21(7-9-22)15-4-10-27(25,26)12-15/h3,5,11,13,15H,4,6-10,12H2,1-2H3,(H,19,20,23). The van der Waals surface area contributed by atoms with Gasteiger partial charge in [-0.05, 0) is 18.6 Å². The van der Waals surface area contributed by atoms with E-state index >= 15 is 0 Å². The second-order valence-electron chi connectivity index (χ2n) is 7.46. The molecule has 1 aromatic heterocycles. The minimum Gasteiger partial charge on any atom is -0.336 e. The van der Waals surface area contributed by atoms with E-state index in [1.54, 1.807) is 30.9 Å². The Balaban J connectivity index is 1.58. The molecule has 2 fully saturated rings. The van der Waals surface area contributed by atoms with E-state index in [1.165, 1.54) is 6.20 Å². The summed E-state index contributed by atoms with van der Waals surface area (Å²) < 4.78 is 23.3. The van der Waals surface area contributed by atoms with Crippen molar-refractivity contribution >= 4 is 27.5 Å². The summed E-state index contributed by atoms with van der Waals surface area (Å²) in [7, 11) is -2.90. The van der Waals surface area contributed by atoms with Crippen molar-refractivity contribution in [3.8, 4) is 0 Å². The molecule has 0 saturated carbocycles. The van der Waals surface area contributed by atoms with Crippen LogP contribution >= 0.6 is 0 Å². The lowest BCUT2D eigenvalue weighted by atomic mass is 10.1. The van der Waals surface area contributed by atoms with Crippen LogP contribution in [0.25, 0.3) is 0 Å². The van der Waals surface area contributed by atoms with Crippen molar-refractivity contribution in [1.82, 2.24) is 14.8 Å². The van der Waals surface area contributed by atoms with Gasteiger partial charge in [0.25, 0.3) is 5.91 Å². The molecule has 9 heteroatoms. The lowest BCUT2D eigenvalue weighted by Crippen LogP contribution is -2.52. The minimum atomic E-state index is -2.90. The molecule has 0 spiro atoms. The molecule has 2 aliphatic rings. The molecular formula is C18H26N4O4S. The van der Waals surface area contributed by atoms with Gasteiger partial charge in [0.15, 0.2) is 9.84 Å². The number of rotatable bonds is 4. The van der Waals surface area contributed by atoms with Crippen LogP contribution < -0.4 is 5.32 Å². The van der Waals surface area contributed by atoms with Crippen molar-refractivity contribution in [1.29, 1.82) is 0 Å². The van der Waals surface area contributed by atoms with Crippen molar-refractivity contribution in [2.75, 3.05) is 43.0 Å². The predicted octanol–water partition coefficient (Wildman–Crippen LogP) is 0.621. The zero-order valence-electron chi connectivity index (χ0n) is 15.7. The Labute approximate surface area is 159 Å². The molecule has 27 heavy (non-hydrogen) atoms. The van der Waals surface area contributed by atoms with Crippen LogP contribution in [0.2, 0.25) is 0 Å². The van der Waals surface area contributed by atoms with Crippen molar-refractivity contribution < 1.29 is 18.0 Å². The summed E-state index contributed by atoms with van der Waals surface area (Å²) in [5, 5.41) is 2.71. The zero-order chi connectivity index (χ0) is 19.6. The number of carbonyl (C=O) groups excluding carboxylic acids is 2. The normalized spacial score (nSPS) is 22.8. The molecule has 1 atom stereocenters. The van der Waals surface area contributed by atoms with Gasteiger partial charge in [-0.2, -0.15) is 0 Å². The fraction of sp³-hybridized carbons (Fsp3) is 0.611. The van der Waals surface area contributed by atoms with Gasteiger partial charge in [-0.1, -0.05) is 13.8 Å². The van der Waals surface area contributed by atoms with Gasteiger partial charge in [0.05, 0.1) is 11.5 Å². The first-order chi connectivity index (χ1) is 12.7. The number of carbonyl (C=O) groups is 2. The van der Waals surface area contributed by atoms with Gasteiger partial charge in [-0.25, -0.2) is 13.4 Å². The number of aromatic nitrogens is 1. The van der Waals surface area contributed by atoms with Gasteiger partial charge in [0, 0.05) is 49.9 Å². The summed E-state index contributed by atoms with van der Waals surface area (Å²) in [6, 6.07) is 3.31. The molecule has 148 valence electrons. The molecule has 8 nitrogen and oxygen atoms in total. The molecule has 2 amide bonds. The van der Waals surface area contributed by atoms with Gasteiger partial charge in [0.2, 0.25) is 5.91 Å². The Kier molecular flexibility index (Phi) is 5.81. The zero-order valence-corrected chi connectivity index (χ0v) is 16.5. The fourth-order valence-corrected chi connectivity index (χ4v) is 5.20. The second-order valence-corrected chi connectivity index (χ2v) is 9.69. The fourth-order valence-electron chi connectivity index (χ4n) is 3.44. The van der Waals surface area contributed by atoms with E-state index in [0.717, 1.165) is 0 Å². The molecular weight excluding hydrogens is 368 g/mol. The van der Waals surface area contributed by atoms with Crippen LogP contribution in [0, 0.1) is 5.92 Å². The summed E-state index contributed by atoms with van der Waals surface area (Å²) in [6.45, 7) is 6.05. The second kappa shape index (κ2) is 7.93. The van der Waals surface area contributed by atoms with E-state index in [2.05, 4.69) is 15.2 Å². The summed E-state index contributed by atoms with van der Waals surface area (Å²) in [5.41, 5.74) is 0.487. The topological polar surface area (TPSA) is 99.7 Å². The van der Waals surface area contributed by atoms with Crippen LogP contribution in [0.1, 0.15) is 30.6 Å². The molecule has 3 rings (SSSR count). The number of nitrogens with zero attached hydrogens (tertiary/aromatic N) is 3. The van der Waals surface area contributed by atoms with Gasteiger partial charge in [-0.15, -0.1) is 0 Å². The summed E-state index contributed by atoms with van der Waals surface area (Å²) >= 11 is 0. The van der Waals surface area contributed by atoms with Gasteiger partial charge >= 0.3 is 0 Å². The Morgan fingerprint density at radius 3 is 2.52 bits per heavy atom. The summed E-state index contributed by atoms with van der Waals surface area (Å²) in [5.74, 6) is 0.444. The third-order valence-electron chi connectivity index (χ3n) is 5.11. The van der Waals surface area contributed by atoms with Gasteiger partial charge in [-0.3, -0.25) is 14.5 Å². The maximum atomic E-state index is 12.8. The Hall–Kier alpha value is -2.00. The van der Waals surface area contributed by atoms with Crippen LogP contribution in [0.3, 0.4) is 0 Å². The number of piperazine rings is 1. The number of nitrogens with one attached hydrogen (secondary N) is 1. The molecule has 0 bridgehead atoms. The van der Waals surface area contributed by atoms with Crippen molar-refractivity contribution in [2.45, 2.75) is 26.3 Å². The number of sulfone groups is 1. The van der Waals surface area contributed by atoms with E-state index in [9.17, 15) is 18.0 Å². The van der Waals surface area contributed by atoms with Crippen molar-refractivity contribution in [2.24, 2.45) is 5.92 Å². The van der Waals surface area contributed by atoms with Crippen LogP contribution in [-0.2, 0) is 14.6 Å². The van der Waals surface area contributed by atoms with Crippen LogP contribution in [-0.4, -0.2) is 78.7 Å². The molecule has 3 heterocycles. The Bertz CT molecular complexity index is 816. The lowest BCUT2D eigenvalue weighted by Gasteiger charge is -2.37. The lowest BCUT2D eigenvalue weighted by molar-refractivity contribution is -0.118. The van der Waals surface area contributed by atoms with E-state index in [-0.39, 0.29) is 35.3 Å². The number of hydrogen-bond donors (Lipinski definition) is 1. The molecule has 1 unspecified atom stereocenters. The smallest absolute Gasteiger partial charge is 0.254 e. The van der Waals surface area contributed by atoms with Gasteiger partial charge < -0.3 is 10.2 Å². The Morgan fingerprint density at radius 2 is 1.93 bits per heavy atom. The van der Waals surface area contributed by atoms with Crippen molar-refractivity contribution in [3.63, 3.8) is 0 Å². The van der Waals surface area contributed by atoms with Crippen molar-refractivity contribution in [3.05, 3.63) is 23.9 Å². The van der Waals surface area contributed by atoms with Gasteiger partial charge in [0.1, 0.15) is 5.82 Å². The molecule has 0 aromatic carbocycles. The molecule has 2 saturated heterocycles. The Morgan fingerprint density at radius 1 is 1.22 bits per heavy atom. The highest BCUT2D eigenvalue weighted by Gasteiger charge is 2.34. The monoisotopic (exact) mass is 394 g/mol. The first-order valence-electron chi connectivity index (χ1n) is 9.26. The summed E-state index contributed by atoms with van der Waals surface area (Å²) in [6.07, 6.45) is 2.20. The minimum absolute atomic E-state index is 0.0750. The largest absolute Gasteiger partial charge is 0.336 e. The highest BCUT2D eigenvalue weighted by atomic mass is 32.2. The quantitative estimate of drug-likeness (QED) is 0.804. The maximum absolute atomic E-state index is 12.8. The molecule has 1 N–H and O–H groups in total. The van der Waals surface area contributed by atoms with Crippen LogP contribution in [0.4, 0.5) is 5.82 Å². The molecule has 0 aliphatic carbocycles. The number of pyridine rings is 1. The average molecular weight is 394 g/mol. The predicted molar refractivity (Wildman–Crippen MR) is 102 cm³/mol. The van der Waals surface area contributed by atoms with E-state index in [1.807, 2.05) is 0 Å². The molecule has 1 aromatic rings. The summed E-state index contributed by atoms with van der Waals surface area (Å²) in [4.78, 5) is 32.6. The van der Waals surface area contributed by atoms with E-state index in [4.69, 9.17) is 0 Å². The first-order valence-corrected chi connectivity index (χ1v) is 11.1. The third kappa shape index (κ3) is 4.84. The SMILES string of the molecule is CC(C)C(=O)Nc1cc(C(=O)N2CCN(C3CCS(=O)(=O)C3)CC2)ccn1. The number of hydrogen-bond acceptors (Lipinski definition) is 6. The molecule has 2 aliphatic heterocycles.